The quantitative estimate of drug-likeness (QED) is 0.746. The third-order valence-corrected chi connectivity index (χ3v) is 4.05. The summed E-state index contributed by atoms with van der Waals surface area (Å²) in [5.41, 5.74) is 1.88. The molecule has 0 atom stereocenters. The van der Waals surface area contributed by atoms with Crippen molar-refractivity contribution >= 4 is 12.6 Å². The number of nitrogens with zero attached hydrogens (tertiary/aromatic N) is 2. The van der Waals surface area contributed by atoms with Gasteiger partial charge < -0.3 is 10.0 Å². The standard InChI is InChI=1S/C14H23BN2O2/c1-14(2)11-17(8-7-16(14)3)10-12-5-4-6-13(9-12)15(18)19/h4-6,9,18-19H,7-8,10-11H2,1-3H3. The van der Waals surface area contributed by atoms with E-state index < -0.39 is 7.12 Å². The molecule has 0 unspecified atom stereocenters. The topological polar surface area (TPSA) is 46.9 Å². The van der Waals surface area contributed by atoms with Gasteiger partial charge in [0.25, 0.3) is 0 Å². The molecule has 0 saturated carbocycles. The van der Waals surface area contributed by atoms with Crippen LogP contribution in [0.4, 0.5) is 0 Å². The number of likely N-dealkylation sites (N-methyl/N-ethyl adjacent to an activating group) is 1. The molecule has 0 amide bonds. The SMILES string of the molecule is CN1CCN(Cc2cccc(B(O)O)c2)CC1(C)C. The summed E-state index contributed by atoms with van der Waals surface area (Å²) in [7, 11) is 0.781. The molecule has 1 aliphatic heterocycles. The van der Waals surface area contributed by atoms with Crippen LogP contribution in [0, 0.1) is 0 Å². The van der Waals surface area contributed by atoms with Crippen molar-refractivity contribution < 1.29 is 10.0 Å². The van der Waals surface area contributed by atoms with E-state index in [1.165, 1.54) is 0 Å². The van der Waals surface area contributed by atoms with Crippen LogP contribution in [0.2, 0.25) is 0 Å². The van der Waals surface area contributed by atoms with Crippen LogP contribution in [0.5, 0.6) is 0 Å². The van der Waals surface area contributed by atoms with Crippen LogP contribution < -0.4 is 5.46 Å². The maximum Gasteiger partial charge on any atom is 0.488 e. The van der Waals surface area contributed by atoms with Gasteiger partial charge in [-0.2, -0.15) is 0 Å². The van der Waals surface area contributed by atoms with Crippen LogP contribution in [0.15, 0.2) is 24.3 Å². The van der Waals surface area contributed by atoms with Crippen LogP contribution in [0.1, 0.15) is 19.4 Å². The van der Waals surface area contributed by atoms with Gasteiger partial charge >= 0.3 is 7.12 Å². The van der Waals surface area contributed by atoms with Crippen molar-refractivity contribution in [2.75, 3.05) is 26.7 Å². The van der Waals surface area contributed by atoms with Gasteiger partial charge in [-0.25, -0.2) is 0 Å². The molecule has 0 aromatic heterocycles. The molecule has 1 fully saturated rings. The molecule has 1 aliphatic rings. The number of piperazine rings is 1. The molecule has 2 rings (SSSR count). The van der Waals surface area contributed by atoms with Crippen molar-refractivity contribution in [3.63, 3.8) is 0 Å². The van der Waals surface area contributed by atoms with Crippen LogP contribution in [0.3, 0.4) is 0 Å². The first-order valence-electron chi connectivity index (χ1n) is 6.77. The fourth-order valence-electron chi connectivity index (χ4n) is 2.59. The summed E-state index contributed by atoms with van der Waals surface area (Å²) in [5, 5.41) is 18.4. The molecule has 104 valence electrons. The van der Waals surface area contributed by atoms with Gasteiger partial charge in [-0.3, -0.25) is 9.80 Å². The van der Waals surface area contributed by atoms with Crippen molar-refractivity contribution in [3.05, 3.63) is 29.8 Å². The Labute approximate surface area is 115 Å². The molecule has 0 aliphatic carbocycles. The minimum absolute atomic E-state index is 0.187. The molecule has 0 radical (unpaired) electrons. The molecule has 0 bridgehead atoms. The summed E-state index contributed by atoms with van der Waals surface area (Å²) < 4.78 is 0. The lowest BCUT2D eigenvalue weighted by molar-refractivity contribution is 0.0360. The Morgan fingerprint density at radius 3 is 2.63 bits per heavy atom. The van der Waals surface area contributed by atoms with Gasteiger partial charge in [0, 0.05) is 31.7 Å². The largest absolute Gasteiger partial charge is 0.488 e. The van der Waals surface area contributed by atoms with Crippen molar-refractivity contribution in [2.24, 2.45) is 0 Å². The van der Waals surface area contributed by atoms with Gasteiger partial charge in [0.15, 0.2) is 0 Å². The Kier molecular flexibility index (Phi) is 4.31. The van der Waals surface area contributed by atoms with Gasteiger partial charge in [-0.15, -0.1) is 0 Å². The van der Waals surface area contributed by atoms with E-state index in [0.717, 1.165) is 31.7 Å². The van der Waals surface area contributed by atoms with Crippen molar-refractivity contribution in [2.45, 2.75) is 25.9 Å². The highest BCUT2D eigenvalue weighted by Crippen LogP contribution is 2.20. The molecule has 1 aromatic rings. The fourth-order valence-corrected chi connectivity index (χ4v) is 2.59. The van der Waals surface area contributed by atoms with Crippen molar-refractivity contribution in [1.29, 1.82) is 0 Å². The van der Waals surface area contributed by atoms with E-state index in [4.69, 9.17) is 0 Å². The maximum absolute atomic E-state index is 9.21. The smallest absolute Gasteiger partial charge is 0.423 e. The van der Waals surface area contributed by atoms with Crippen LogP contribution >= 0.6 is 0 Å². The molecule has 4 nitrogen and oxygen atoms in total. The lowest BCUT2D eigenvalue weighted by atomic mass is 9.79. The van der Waals surface area contributed by atoms with Crippen molar-refractivity contribution in [3.8, 4) is 0 Å². The Hall–Kier alpha value is -0.875. The fraction of sp³-hybridized carbons (Fsp3) is 0.571. The summed E-state index contributed by atoms with van der Waals surface area (Å²) >= 11 is 0. The van der Waals surface area contributed by atoms with Gasteiger partial charge in [-0.1, -0.05) is 24.3 Å². The first kappa shape index (κ1) is 14.5. The Morgan fingerprint density at radius 2 is 2.00 bits per heavy atom. The molecule has 19 heavy (non-hydrogen) atoms. The van der Waals surface area contributed by atoms with Crippen molar-refractivity contribution in [1.82, 2.24) is 9.80 Å². The summed E-state index contributed by atoms with van der Waals surface area (Å²) in [6.45, 7) is 8.51. The normalized spacial score (nSPS) is 20.5. The maximum atomic E-state index is 9.21. The minimum Gasteiger partial charge on any atom is -0.423 e. The number of hydrogen-bond donors (Lipinski definition) is 2. The number of benzene rings is 1. The van der Waals surface area contributed by atoms with Gasteiger partial charge in [0.1, 0.15) is 0 Å². The average Bonchev–Trinajstić information content (AvgIpc) is 2.34. The number of hydrogen-bond acceptors (Lipinski definition) is 4. The second-order valence-electron chi connectivity index (χ2n) is 6.06. The minimum atomic E-state index is -1.39. The zero-order valence-electron chi connectivity index (χ0n) is 12.0. The third-order valence-electron chi connectivity index (χ3n) is 4.05. The molecule has 1 saturated heterocycles. The molecular formula is C14H23BN2O2. The molecular weight excluding hydrogens is 239 g/mol. The van der Waals surface area contributed by atoms with Crippen LogP contribution in [-0.2, 0) is 6.54 Å². The zero-order chi connectivity index (χ0) is 14.0. The zero-order valence-corrected chi connectivity index (χ0v) is 12.0. The Bertz CT molecular complexity index is 437. The monoisotopic (exact) mass is 262 g/mol. The third kappa shape index (κ3) is 3.57. The van der Waals surface area contributed by atoms with E-state index in [1.54, 1.807) is 6.07 Å². The van der Waals surface area contributed by atoms with Gasteiger partial charge in [0.2, 0.25) is 0 Å². The predicted octanol–water partition coefficient (Wildman–Crippen LogP) is -0.108. The van der Waals surface area contributed by atoms with Crippen LogP contribution in [0.25, 0.3) is 0 Å². The second kappa shape index (κ2) is 5.63. The first-order chi connectivity index (χ1) is 8.88. The number of rotatable bonds is 3. The van der Waals surface area contributed by atoms with E-state index in [9.17, 15) is 10.0 Å². The van der Waals surface area contributed by atoms with E-state index in [0.29, 0.717) is 5.46 Å². The Balaban J connectivity index is 2.03. The summed E-state index contributed by atoms with van der Waals surface area (Å²) in [6.07, 6.45) is 0. The lowest BCUT2D eigenvalue weighted by Crippen LogP contribution is -2.57. The average molecular weight is 262 g/mol. The van der Waals surface area contributed by atoms with E-state index in [-0.39, 0.29) is 5.54 Å². The molecule has 0 spiro atoms. The molecule has 2 N–H and O–H groups in total. The van der Waals surface area contributed by atoms with E-state index in [1.807, 2.05) is 18.2 Å². The lowest BCUT2D eigenvalue weighted by Gasteiger charge is -2.45. The molecule has 1 aromatic carbocycles. The highest BCUT2D eigenvalue weighted by molar-refractivity contribution is 6.58. The highest BCUT2D eigenvalue weighted by atomic mass is 16.4. The molecule has 5 heteroatoms. The highest BCUT2D eigenvalue weighted by Gasteiger charge is 2.30. The van der Waals surface area contributed by atoms with Crippen LogP contribution in [-0.4, -0.2) is 59.2 Å². The van der Waals surface area contributed by atoms with Gasteiger partial charge in [0.05, 0.1) is 0 Å². The Morgan fingerprint density at radius 1 is 1.26 bits per heavy atom. The van der Waals surface area contributed by atoms with E-state index >= 15 is 0 Å². The predicted molar refractivity (Wildman–Crippen MR) is 78.3 cm³/mol. The second-order valence-corrected chi connectivity index (χ2v) is 6.06. The van der Waals surface area contributed by atoms with E-state index in [2.05, 4.69) is 30.7 Å². The van der Waals surface area contributed by atoms with Gasteiger partial charge in [-0.05, 0) is 31.9 Å². The summed E-state index contributed by atoms with van der Waals surface area (Å²) in [6, 6.07) is 7.53. The summed E-state index contributed by atoms with van der Waals surface area (Å²) in [5.74, 6) is 0. The summed E-state index contributed by atoms with van der Waals surface area (Å²) in [4.78, 5) is 4.81. The first-order valence-corrected chi connectivity index (χ1v) is 6.77. The molecule has 1 heterocycles.